The number of carboxylic acid groups (broad SMARTS) is 1. The van der Waals surface area contributed by atoms with E-state index in [-0.39, 0.29) is 18.1 Å². The van der Waals surface area contributed by atoms with Crippen molar-refractivity contribution in [3.05, 3.63) is 42.2 Å². The molecule has 0 bridgehead atoms. The highest BCUT2D eigenvalue weighted by Gasteiger charge is 2.30. The van der Waals surface area contributed by atoms with E-state index in [1.165, 1.54) is 6.20 Å². The molecule has 130 valence electrons. The Kier molecular flexibility index (Phi) is 4.73. The number of nitrogens with zero attached hydrogens (tertiary/aromatic N) is 4. The maximum Gasteiger partial charge on any atom is 0.358 e. The molecular formula is C16H17N5O4. The van der Waals surface area contributed by atoms with Crippen LogP contribution in [0.1, 0.15) is 23.3 Å². The molecule has 0 radical (unpaired) electrons. The SMILES string of the molecule is O=C(Cn1cc(C(=O)O)nn1)NC1CCCN(c2ccccc2)C1=O. The summed E-state index contributed by atoms with van der Waals surface area (Å²) in [6.45, 7) is 0.412. The molecule has 2 heterocycles. The van der Waals surface area contributed by atoms with Gasteiger partial charge in [-0.15, -0.1) is 5.10 Å². The molecule has 1 fully saturated rings. The quantitative estimate of drug-likeness (QED) is 0.806. The minimum absolute atomic E-state index is 0.157. The van der Waals surface area contributed by atoms with E-state index in [1.807, 2.05) is 30.3 Å². The molecule has 1 unspecified atom stereocenters. The third kappa shape index (κ3) is 3.82. The molecule has 2 N–H and O–H groups in total. The van der Waals surface area contributed by atoms with Gasteiger partial charge in [-0.1, -0.05) is 23.4 Å². The maximum atomic E-state index is 12.6. The van der Waals surface area contributed by atoms with Crippen molar-refractivity contribution in [1.82, 2.24) is 20.3 Å². The van der Waals surface area contributed by atoms with Crippen LogP contribution in [0.2, 0.25) is 0 Å². The molecule has 1 aromatic carbocycles. The maximum absolute atomic E-state index is 12.6. The zero-order valence-corrected chi connectivity index (χ0v) is 13.3. The van der Waals surface area contributed by atoms with Crippen LogP contribution in [-0.2, 0) is 16.1 Å². The molecule has 9 heteroatoms. The van der Waals surface area contributed by atoms with Crippen molar-refractivity contribution in [2.45, 2.75) is 25.4 Å². The van der Waals surface area contributed by atoms with Crippen molar-refractivity contribution in [2.75, 3.05) is 11.4 Å². The monoisotopic (exact) mass is 343 g/mol. The van der Waals surface area contributed by atoms with Gasteiger partial charge in [0.2, 0.25) is 11.8 Å². The number of carbonyl (C=O) groups excluding carboxylic acids is 2. The Hall–Kier alpha value is -3.23. The molecule has 3 rings (SSSR count). The summed E-state index contributed by atoms with van der Waals surface area (Å²) in [6, 6.07) is 8.69. The third-order valence-corrected chi connectivity index (χ3v) is 3.91. The van der Waals surface area contributed by atoms with Crippen molar-refractivity contribution < 1.29 is 19.5 Å². The normalized spacial score (nSPS) is 17.4. The number of aromatic nitrogens is 3. The number of carboxylic acids is 1. The fraction of sp³-hybridized carbons (Fsp3) is 0.312. The second kappa shape index (κ2) is 7.12. The topological polar surface area (TPSA) is 117 Å². The highest BCUT2D eigenvalue weighted by molar-refractivity contribution is 5.99. The third-order valence-electron chi connectivity index (χ3n) is 3.91. The van der Waals surface area contributed by atoms with Gasteiger partial charge in [-0.05, 0) is 25.0 Å². The molecule has 1 aliphatic rings. The lowest BCUT2D eigenvalue weighted by molar-refractivity contribution is -0.128. The van der Waals surface area contributed by atoms with Crippen molar-refractivity contribution in [3.63, 3.8) is 0 Å². The van der Waals surface area contributed by atoms with Crippen molar-refractivity contribution in [3.8, 4) is 0 Å². The van der Waals surface area contributed by atoms with Gasteiger partial charge in [0, 0.05) is 12.2 Å². The second-order valence-corrected chi connectivity index (χ2v) is 5.69. The van der Waals surface area contributed by atoms with Gasteiger partial charge in [0.05, 0.1) is 6.20 Å². The number of nitrogens with one attached hydrogen (secondary N) is 1. The zero-order chi connectivity index (χ0) is 17.8. The Morgan fingerprint density at radius 3 is 2.72 bits per heavy atom. The van der Waals surface area contributed by atoms with Gasteiger partial charge in [0.15, 0.2) is 5.69 Å². The number of rotatable bonds is 5. The van der Waals surface area contributed by atoms with Crippen molar-refractivity contribution in [2.24, 2.45) is 0 Å². The Bertz CT molecular complexity index is 789. The second-order valence-electron chi connectivity index (χ2n) is 5.69. The van der Waals surface area contributed by atoms with Gasteiger partial charge in [-0.2, -0.15) is 0 Å². The molecule has 2 amide bonds. The first kappa shape index (κ1) is 16.6. The van der Waals surface area contributed by atoms with Crippen LogP contribution in [0.4, 0.5) is 5.69 Å². The van der Waals surface area contributed by atoms with Gasteiger partial charge < -0.3 is 15.3 Å². The van der Waals surface area contributed by atoms with E-state index in [9.17, 15) is 14.4 Å². The molecule has 1 saturated heterocycles. The molecule has 1 atom stereocenters. The predicted octanol–water partition coefficient (Wildman–Crippen LogP) is 0.288. The van der Waals surface area contributed by atoms with Crippen LogP contribution < -0.4 is 10.2 Å². The van der Waals surface area contributed by atoms with Crippen LogP contribution in [0.15, 0.2) is 36.5 Å². The van der Waals surface area contributed by atoms with Gasteiger partial charge >= 0.3 is 5.97 Å². The van der Waals surface area contributed by atoms with Gasteiger partial charge in [0.25, 0.3) is 0 Å². The minimum atomic E-state index is -1.22. The van der Waals surface area contributed by atoms with E-state index in [0.29, 0.717) is 13.0 Å². The highest BCUT2D eigenvalue weighted by Crippen LogP contribution is 2.20. The summed E-state index contributed by atoms with van der Waals surface area (Å²) in [4.78, 5) is 37.2. The van der Waals surface area contributed by atoms with Crippen molar-refractivity contribution >= 4 is 23.5 Å². The molecule has 9 nitrogen and oxygen atoms in total. The molecule has 0 saturated carbocycles. The summed E-state index contributed by atoms with van der Waals surface area (Å²) in [6.07, 6.45) is 2.50. The van der Waals surface area contributed by atoms with E-state index >= 15 is 0 Å². The zero-order valence-electron chi connectivity index (χ0n) is 13.3. The summed E-state index contributed by atoms with van der Waals surface area (Å²) in [5.74, 6) is -1.79. The molecule has 1 aliphatic heterocycles. The van der Waals surface area contributed by atoms with E-state index < -0.39 is 17.9 Å². The molecule has 1 aromatic heterocycles. The lowest BCUT2D eigenvalue weighted by Gasteiger charge is -2.32. The lowest BCUT2D eigenvalue weighted by Crippen LogP contribution is -2.53. The Morgan fingerprint density at radius 1 is 1.28 bits per heavy atom. The molecule has 0 spiro atoms. The predicted molar refractivity (Wildman–Crippen MR) is 86.9 cm³/mol. The van der Waals surface area contributed by atoms with Gasteiger partial charge in [-0.3, -0.25) is 9.59 Å². The summed E-state index contributed by atoms with van der Waals surface area (Å²) in [7, 11) is 0. The molecule has 0 aliphatic carbocycles. The van der Waals surface area contributed by atoms with E-state index in [4.69, 9.17) is 5.11 Å². The highest BCUT2D eigenvalue weighted by atomic mass is 16.4. The number of anilines is 1. The van der Waals surface area contributed by atoms with Crippen LogP contribution >= 0.6 is 0 Å². The number of benzene rings is 1. The van der Waals surface area contributed by atoms with Gasteiger partial charge in [-0.25, -0.2) is 9.48 Å². The average Bonchev–Trinajstić information content (AvgIpc) is 3.06. The van der Waals surface area contributed by atoms with E-state index in [2.05, 4.69) is 15.6 Å². The van der Waals surface area contributed by atoms with Crippen LogP contribution in [0.25, 0.3) is 0 Å². The van der Waals surface area contributed by atoms with Crippen LogP contribution in [0, 0.1) is 0 Å². The summed E-state index contributed by atoms with van der Waals surface area (Å²) in [5.41, 5.74) is 0.561. The molecular weight excluding hydrogens is 326 g/mol. The standard InChI is InChI=1S/C16H17N5O4/c22-14(10-20-9-13(16(24)25)18-19-20)17-12-7-4-8-21(15(12)23)11-5-2-1-3-6-11/h1-3,5-6,9,12H,4,7-8,10H2,(H,17,22)(H,24,25). The molecule has 2 aromatic rings. The smallest absolute Gasteiger partial charge is 0.358 e. The number of para-hydroxylation sites is 1. The Morgan fingerprint density at radius 2 is 2.04 bits per heavy atom. The van der Waals surface area contributed by atoms with E-state index in [1.54, 1.807) is 4.90 Å². The van der Waals surface area contributed by atoms with Crippen LogP contribution in [0.3, 0.4) is 0 Å². The fourth-order valence-corrected chi connectivity index (χ4v) is 2.73. The minimum Gasteiger partial charge on any atom is -0.476 e. The van der Waals surface area contributed by atoms with Gasteiger partial charge in [0.1, 0.15) is 12.6 Å². The van der Waals surface area contributed by atoms with Crippen LogP contribution in [-0.4, -0.2) is 50.5 Å². The number of piperidine rings is 1. The first-order valence-corrected chi connectivity index (χ1v) is 7.84. The van der Waals surface area contributed by atoms with E-state index in [0.717, 1.165) is 16.8 Å². The Labute approximate surface area is 143 Å². The van der Waals surface area contributed by atoms with Crippen molar-refractivity contribution in [1.29, 1.82) is 0 Å². The first-order valence-electron chi connectivity index (χ1n) is 7.84. The number of amides is 2. The largest absolute Gasteiger partial charge is 0.476 e. The number of hydrogen-bond acceptors (Lipinski definition) is 5. The molecule has 25 heavy (non-hydrogen) atoms. The number of aromatic carboxylic acids is 1. The van der Waals surface area contributed by atoms with Crippen LogP contribution in [0.5, 0.6) is 0 Å². The fourth-order valence-electron chi connectivity index (χ4n) is 2.73. The number of hydrogen-bond donors (Lipinski definition) is 2. The lowest BCUT2D eigenvalue weighted by atomic mass is 10.0. The summed E-state index contributed by atoms with van der Waals surface area (Å²) >= 11 is 0. The summed E-state index contributed by atoms with van der Waals surface area (Å²) in [5, 5.41) is 18.5. The first-order chi connectivity index (χ1) is 12.0. The summed E-state index contributed by atoms with van der Waals surface area (Å²) < 4.78 is 1.13. The number of carbonyl (C=O) groups is 3. The average molecular weight is 343 g/mol. The Balaban J connectivity index is 1.62.